The van der Waals surface area contributed by atoms with Gasteiger partial charge in [0.05, 0.1) is 14.6 Å². The van der Waals surface area contributed by atoms with Gasteiger partial charge < -0.3 is 5.11 Å². The summed E-state index contributed by atoms with van der Waals surface area (Å²) in [6, 6.07) is 1.99. The van der Waals surface area contributed by atoms with Gasteiger partial charge in [0.2, 0.25) is 0 Å². The molecule has 0 amide bonds. The summed E-state index contributed by atoms with van der Waals surface area (Å²) < 4.78 is 1.37. The highest BCUT2D eigenvalue weighted by molar-refractivity contribution is 7.20. The molecule has 0 aliphatic carbocycles. The molecule has 2 atom stereocenters. The van der Waals surface area contributed by atoms with Crippen molar-refractivity contribution >= 4 is 40.5 Å². The topological polar surface area (TPSA) is 40.5 Å². The molecule has 2 heterocycles. The van der Waals surface area contributed by atoms with Gasteiger partial charge in [0.25, 0.3) is 0 Å². The standard InChI is InChI=1S/C11H13Cl2NO2S/c1-6(8-4-9(12)17-10(8)13)14-3-2-7(5-14)11(15)16/h4,6-7H,2-3,5H2,1H3,(H,15,16). The molecular weight excluding hydrogens is 281 g/mol. The molecule has 1 aliphatic rings. The highest BCUT2D eigenvalue weighted by Crippen LogP contribution is 2.38. The molecule has 3 nitrogen and oxygen atoms in total. The van der Waals surface area contributed by atoms with Crippen LogP contribution in [0.3, 0.4) is 0 Å². The number of nitrogens with zero attached hydrogens (tertiary/aromatic N) is 1. The molecular formula is C11H13Cl2NO2S. The maximum atomic E-state index is 10.9. The van der Waals surface area contributed by atoms with Crippen molar-refractivity contribution in [1.29, 1.82) is 0 Å². The number of rotatable bonds is 3. The molecule has 17 heavy (non-hydrogen) atoms. The Hall–Kier alpha value is -0.290. The first kappa shape index (κ1) is 13.1. The van der Waals surface area contributed by atoms with E-state index in [9.17, 15) is 4.79 Å². The normalized spacial score (nSPS) is 22.9. The van der Waals surface area contributed by atoms with E-state index in [2.05, 4.69) is 4.90 Å². The number of carboxylic acid groups (broad SMARTS) is 1. The minimum Gasteiger partial charge on any atom is -0.481 e. The Morgan fingerprint density at radius 1 is 1.65 bits per heavy atom. The van der Waals surface area contributed by atoms with Crippen molar-refractivity contribution in [2.45, 2.75) is 19.4 Å². The summed E-state index contributed by atoms with van der Waals surface area (Å²) in [5.74, 6) is -0.973. The molecule has 0 spiro atoms. The van der Waals surface area contributed by atoms with Crippen LogP contribution in [0.15, 0.2) is 6.07 Å². The second-order valence-corrected chi connectivity index (χ2v) is 6.56. The van der Waals surface area contributed by atoms with Gasteiger partial charge in [0.15, 0.2) is 0 Å². The molecule has 1 aliphatic heterocycles. The number of hydrogen-bond donors (Lipinski definition) is 1. The first-order valence-electron chi connectivity index (χ1n) is 5.40. The summed E-state index contributed by atoms with van der Waals surface area (Å²) in [7, 11) is 0. The fourth-order valence-electron chi connectivity index (χ4n) is 2.18. The van der Waals surface area contributed by atoms with Gasteiger partial charge in [-0.25, -0.2) is 0 Å². The van der Waals surface area contributed by atoms with Gasteiger partial charge in [-0.2, -0.15) is 0 Å². The third-order valence-corrected chi connectivity index (χ3v) is 4.77. The van der Waals surface area contributed by atoms with E-state index in [1.54, 1.807) is 0 Å². The number of halogens is 2. The molecule has 0 saturated carbocycles. The van der Waals surface area contributed by atoms with E-state index >= 15 is 0 Å². The summed E-state index contributed by atoms with van der Waals surface area (Å²) in [6.45, 7) is 3.41. The van der Waals surface area contributed by atoms with Crippen molar-refractivity contribution in [3.8, 4) is 0 Å². The Labute approximate surface area is 114 Å². The van der Waals surface area contributed by atoms with Crippen molar-refractivity contribution in [2.24, 2.45) is 5.92 Å². The van der Waals surface area contributed by atoms with Gasteiger partial charge in [0.1, 0.15) is 0 Å². The maximum absolute atomic E-state index is 10.9. The first-order valence-corrected chi connectivity index (χ1v) is 6.98. The Morgan fingerprint density at radius 3 is 2.82 bits per heavy atom. The average molecular weight is 294 g/mol. The summed E-state index contributed by atoms with van der Waals surface area (Å²) in [4.78, 5) is 13.0. The van der Waals surface area contributed by atoms with Gasteiger partial charge in [-0.3, -0.25) is 9.69 Å². The van der Waals surface area contributed by atoms with Gasteiger partial charge in [-0.15, -0.1) is 11.3 Å². The molecule has 0 radical (unpaired) electrons. The zero-order chi connectivity index (χ0) is 12.6. The van der Waals surface area contributed by atoms with E-state index in [-0.39, 0.29) is 12.0 Å². The number of carbonyl (C=O) groups is 1. The van der Waals surface area contributed by atoms with Crippen LogP contribution in [0.1, 0.15) is 24.9 Å². The lowest BCUT2D eigenvalue weighted by molar-refractivity contribution is -0.141. The number of likely N-dealkylation sites (tertiary alicyclic amines) is 1. The van der Waals surface area contributed by atoms with Crippen LogP contribution in [-0.2, 0) is 4.79 Å². The Bertz CT molecular complexity index is 435. The molecule has 0 bridgehead atoms. The fraction of sp³-hybridized carbons (Fsp3) is 0.545. The fourth-order valence-corrected chi connectivity index (χ4v) is 3.81. The predicted octanol–water partition coefficient (Wildman–Crippen LogP) is 3.52. The molecule has 1 saturated heterocycles. The van der Waals surface area contributed by atoms with Crippen molar-refractivity contribution in [3.05, 3.63) is 20.3 Å². The molecule has 1 aromatic heterocycles. The molecule has 2 rings (SSSR count). The molecule has 94 valence electrons. The zero-order valence-electron chi connectivity index (χ0n) is 9.32. The van der Waals surface area contributed by atoms with Gasteiger partial charge in [-0.1, -0.05) is 23.2 Å². The second kappa shape index (κ2) is 5.14. The number of aliphatic carboxylic acids is 1. The minimum absolute atomic E-state index is 0.121. The summed E-state index contributed by atoms with van der Waals surface area (Å²) in [5, 5.41) is 8.97. The van der Waals surface area contributed by atoms with E-state index in [1.165, 1.54) is 11.3 Å². The smallest absolute Gasteiger partial charge is 0.307 e. The van der Waals surface area contributed by atoms with Crippen molar-refractivity contribution in [1.82, 2.24) is 4.90 Å². The quantitative estimate of drug-likeness (QED) is 0.927. The third-order valence-electron chi connectivity index (χ3n) is 3.25. The zero-order valence-corrected chi connectivity index (χ0v) is 11.6. The third kappa shape index (κ3) is 2.76. The monoisotopic (exact) mass is 293 g/mol. The summed E-state index contributed by atoms with van der Waals surface area (Å²) in [5.41, 5.74) is 0.993. The Balaban J connectivity index is 2.09. The summed E-state index contributed by atoms with van der Waals surface area (Å²) in [6.07, 6.45) is 0.704. The first-order chi connectivity index (χ1) is 7.99. The van der Waals surface area contributed by atoms with Gasteiger partial charge >= 0.3 is 5.97 Å². The predicted molar refractivity (Wildman–Crippen MR) is 70.1 cm³/mol. The van der Waals surface area contributed by atoms with Crippen molar-refractivity contribution in [3.63, 3.8) is 0 Å². The van der Waals surface area contributed by atoms with Crippen LogP contribution >= 0.6 is 34.5 Å². The lowest BCUT2D eigenvalue weighted by atomic mass is 10.1. The molecule has 0 aromatic carbocycles. The van der Waals surface area contributed by atoms with Crippen LogP contribution < -0.4 is 0 Å². The SMILES string of the molecule is CC(c1cc(Cl)sc1Cl)N1CCC(C(=O)O)C1. The number of carboxylic acids is 1. The molecule has 1 aromatic rings. The van der Waals surface area contributed by atoms with E-state index in [0.29, 0.717) is 21.6 Å². The number of hydrogen-bond acceptors (Lipinski definition) is 3. The molecule has 1 N–H and O–H groups in total. The highest BCUT2D eigenvalue weighted by atomic mass is 35.5. The van der Waals surface area contributed by atoms with Gasteiger partial charge in [0, 0.05) is 18.2 Å². The van der Waals surface area contributed by atoms with Crippen LogP contribution in [-0.4, -0.2) is 29.1 Å². The highest BCUT2D eigenvalue weighted by Gasteiger charge is 2.32. The van der Waals surface area contributed by atoms with E-state index in [4.69, 9.17) is 28.3 Å². The molecule has 2 unspecified atom stereocenters. The minimum atomic E-state index is -0.714. The lowest BCUT2D eigenvalue weighted by Gasteiger charge is -2.23. The Morgan fingerprint density at radius 2 is 2.35 bits per heavy atom. The average Bonchev–Trinajstić information content (AvgIpc) is 2.84. The van der Waals surface area contributed by atoms with Crippen LogP contribution in [0.2, 0.25) is 8.67 Å². The van der Waals surface area contributed by atoms with E-state index in [1.807, 2.05) is 13.0 Å². The van der Waals surface area contributed by atoms with E-state index in [0.717, 1.165) is 12.1 Å². The largest absolute Gasteiger partial charge is 0.481 e. The van der Waals surface area contributed by atoms with Crippen molar-refractivity contribution in [2.75, 3.05) is 13.1 Å². The summed E-state index contributed by atoms with van der Waals surface area (Å²) >= 11 is 13.4. The van der Waals surface area contributed by atoms with Crippen LogP contribution in [0.5, 0.6) is 0 Å². The Kier molecular flexibility index (Phi) is 3.98. The molecule has 1 fully saturated rings. The van der Waals surface area contributed by atoms with Crippen LogP contribution in [0.4, 0.5) is 0 Å². The molecule has 6 heteroatoms. The second-order valence-electron chi connectivity index (χ2n) is 4.27. The maximum Gasteiger partial charge on any atom is 0.307 e. The number of thiophene rings is 1. The van der Waals surface area contributed by atoms with Crippen LogP contribution in [0.25, 0.3) is 0 Å². The van der Waals surface area contributed by atoms with Crippen LogP contribution in [0, 0.1) is 5.92 Å². The van der Waals surface area contributed by atoms with Crippen molar-refractivity contribution < 1.29 is 9.90 Å². The van der Waals surface area contributed by atoms with E-state index < -0.39 is 5.97 Å². The van der Waals surface area contributed by atoms with Gasteiger partial charge in [-0.05, 0) is 26.0 Å². The lowest BCUT2D eigenvalue weighted by Crippen LogP contribution is -2.26.